The summed E-state index contributed by atoms with van der Waals surface area (Å²) in [6, 6.07) is 0. The first-order valence-corrected chi connectivity index (χ1v) is 3.23. The van der Waals surface area contributed by atoms with Gasteiger partial charge in [0.2, 0.25) is 0 Å². The molecule has 0 amide bonds. The van der Waals surface area contributed by atoms with Crippen molar-refractivity contribution < 1.29 is 0 Å². The number of hydrogen-bond donors (Lipinski definition) is 0. The molecule has 0 aromatic heterocycles. The van der Waals surface area contributed by atoms with Gasteiger partial charge in [-0.15, -0.1) is 0 Å². The third-order valence-electron chi connectivity index (χ3n) is 1.03. The minimum absolute atomic E-state index is 1.07. The number of rotatable bonds is 4. The molecule has 52 valence electrons. The van der Waals surface area contributed by atoms with Crippen LogP contribution in [0.5, 0.6) is 0 Å². The highest BCUT2D eigenvalue weighted by Gasteiger charge is 1.78. The Hall–Kier alpha value is -0.660. The van der Waals surface area contributed by atoms with E-state index in [0.717, 1.165) is 19.3 Å². The monoisotopic (exact) mass is 126 g/mol. The van der Waals surface area contributed by atoms with E-state index in [0.29, 0.717) is 0 Å². The molecular formula is C7H14N2. The van der Waals surface area contributed by atoms with E-state index in [9.17, 15) is 0 Å². The van der Waals surface area contributed by atoms with Gasteiger partial charge in [0.05, 0.1) is 0 Å². The van der Waals surface area contributed by atoms with E-state index < -0.39 is 0 Å². The highest BCUT2D eigenvalue weighted by Crippen LogP contribution is 1.88. The second kappa shape index (κ2) is 7.34. The predicted molar refractivity (Wildman–Crippen MR) is 42.7 cm³/mol. The Bertz CT molecular complexity index is 83.1. The molecule has 0 unspecified atom stereocenters. The molecule has 0 spiro atoms. The van der Waals surface area contributed by atoms with Gasteiger partial charge in [0.1, 0.15) is 0 Å². The molecular weight excluding hydrogens is 112 g/mol. The molecule has 0 aliphatic heterocycles. The van der Waals surface area contributed by atoms with Crippen LogP contribution < -0.4 is 0 Å². The van der Waals surface area contributed by atoms with Crippen LogP contribution in [0.3, 0.4) is 0 Å². The second-order valence-corrected chi connectivity index (χ2v) is 1.81. The fourth-order valence-electron chi connectivity index (χ4n) is 0.559. The van der Waals surface area contributed by atoms with Gasteiger partial charge in [-0.1, -0.05) is 0 Å². The summed E-state index contributed by atoms with van der Waals surface area (Å²) in [5.74, 6) is 0. The van der Waals surface area contributed by atoms with Gasteiger partial charge in [-0.05, 0) is 31.7 Å². The van der Waals surface area contributed by atoms with E-state index >= 15 is 0 Å². The average Bonchev–Trinajstić information content (AvgIpc) is 1.89. The normalized spacial score (nSPS) is 11.8. The first-order valence-electron chi connectivity index (χ1n) is 3.23. The minimum atomic E-state index is 1.07. The van der Waals surface area contributed by atoms with Crippen molar-refractivity contribution in [3.8, 4) is 0 Å². The molecule has 0 saturated carbocycles. The summed E-state index contributed by atoms with van der Waals surface area (Å²) in [6.45, 7) is 0. The lowest BCUT2D eigenvalue weighted by Crippen LogP contribution is -1.78. The Balaban J connectivity index is 2.91. The van der Waals surface area contributed by atoms with Crippen molar-refractivity contribution >= 4 is 12.4 Å². The zero-order chi connectivity index (χ0) is 6.95. The van der Waals surface area contributed by atoms with Gasteiger partial charge in [0, 0.05) is 14.1 Å². The number of hydrogen-bond acceptors (Lipinski definition) is 2. The van der Waals surface area contributed by atoms with Crippen LogP contribution in [-0.4, -0.2) is 26.5 Å². The number of nitrogens with zero attached hydrogens (tertiary/aromatic N) is 2. The predicted octanol–water partition coefficient (Wildman–Crippen LogP) is 1.56. The first-order chi connectivity index (χ1) is 4.41. The van der Waals surface area contributed by atoms with Crippen molar-refractivity contribution in [3.63, 3.8) is 0 Å². The number of unbranched alkanes of at least 4 members (excludes halogenated alkanes) is 2. The highest BCUT2D eigenvalue weighted by molar-refractivity contribution is 5.60. The Labute approximate surface area is 56.7 Å². The van der Waals surface area contributed by atoms with E-state index in [4.69, 9.17) is 0 Å². The molecule has 0 heterocycles. The zero-order valence-electron chi connectivity index (χ0n) is 6.17. The molecule has 0 rings (SSSR count). The maximum Gasteiger partial charge on any atom is 0.0273 e. The van der Waals surface area contributed by atoms with Gasteiger partial charge in [0.25, 0.3) is 0 Å². The summed E-state index contributed by atoms with van der Waals surface area (Å²) in [5.41, 5.74) is 0. The fourth-order valence-corrected chi connectivity index (χ4v) is 0.559. The molecule has 0 aliphatic carbocycles. The largest absolute Gasteiger partial charge is 0.301 e. The van der Waals surface area contributed by atoms with Crippen LogP contribution in [0.4, 0.5) is 0 Å². The first kappa shape index (κ1) is 8.34. The van der Waals surface area contributed by atoms with Crippen molar-refractivity contribution in [3.05, 3.63) is 0 Å². The van der Waals surface area contributed by atoms with Crippen molar-refractivity contribution in [2.75, 3.05) is 14.1 Å². The van der Waals surface area contributed by atoms with E-state index in [-0.39, 0.29) is 0 Å². The molecule has 0 aromatic carbocycles. The summed E-state index contributed by atoms with van der Waals surface area (Å²) >= 11 is 0. The van der Waals surface area contributed by atoms with Gasteiger partial charge in [-0.2, -0.15) is 0 Å². The highest BCUT2D eigenvalue weighted by atomic mass is 14.6. The van der Waals surface area contributed by atoms with Crippen LogP contribution in [0.1, 0.15) is 19.3 Å². The van der Waals surface area contributed by atoms with E-state index in [1.807, 2.05) is 12.4 Å². The molecule has 0 radical (unpaired) electrons. The standard InChI is InChI=1S/C7H14N2/c1-8-6-4-3-5-7-9-2/h6-7H,3-5H2,1-2H3. The Kier molecular flexibility index (Phi) is 6.80. The Morgan fingerprint density at radius 2 is 1.44 bits per heavy atom. The van der Waals surface area contributed by atoms with Gasteiger partial charge in [-0.3, -0.25) is 0 Å². The molecule has 0 bridgehead atoms. The SMILES string of the molecule is CN=CCCCC=NC. The maximum absolute atomic E-state index is 3.86. The van der Waals surface area contributed by atoms with Crippen LogP contribution in [0.2, 0.25) is 0 Å². The van der Waals surface area contributed by atoms with Crippen LogP contribution in [-0.2, 0) is 0 Å². The average molecular weight is 126 g/mol. The lowest BCUT2D eigenvalue weighted by molar-refractivity contribution is 0.941. The van der Waals surface area contributed by atoms with Crippen molar-refractivity contribution in [1.29, 1.82) is 0 Å². The van der Waals surface area contributed by atoms with Crippen LogP contribution in [0, 0.1) is 0 Å². The van der Waals surface area contributed by atoms with Gasteiger partial charge in [0.15, 0.2) is 0 Å². The smallest absolute Gasteiger partial charge is 0.0273 e. The molecule has 2 heteroatoms. The lowest BCUT2D eigenvalue weighted by Gasteiger charge is -1.85. The summed E-state index contributed by atoms with van der Waals surface area (Å²) in [5, 5.41) is 0. The fraction of sp³-hybridized carbons (Fsp3) is 0.714. The van der Waals surface area contributed by atoms with Crippen molar-refractivity contribution in [2.24, 2.45) is 9.98 Å². The summed E-state index contributed by atoms with van der Waals surface area (Å²) < 4.78 is 0. The van der Waals surface area contributed by atoms with Crippen LogP contribution in [0.25, 0.3) is 0 Å². The quantitative estimate of drug-likeness (QED) is 0.403. The summed E-state index contributed by atoms with van der Waals surface area (Å²) in [4.78, 5) is 7.73. The Morgan fingerprint density at radius 1 is 1.00 bits per heavy atom. The van der Waals surface area contributed by atoms with E-state index in [1.54, 1.807) is 14.1 Å². The van der Waals surface area contributed by atoms with Crippen LogP contribution >= 0.6 is 0 Å². The molecule has 0 aliphatic rings. The molecule has 9 heavy (non-hydrogen) atoms. The summed E-state index contributed by atoms with van der Waals surface area (Å²) in [6.07, 6.45) is 7.17. The maximum atomic E-state index is 3.86. The molecule has 0 aromatic rings. The van der Waals surface area contributed by atoms with Crippen molar-refractivity contribution in [2.45, 2.75) is 19.3 Å². The van der Waals surface area contributed by atoms with Crippen molar-refractivity contribution in [1.82, 2.24) is 0 Å². The topological polar surface area (TPSA) is 24.7 Å². The second-order valence-electron chi connectivity index (χ2n) is 1.81. The summed E-state index contributed by atoms with van der Waals surface area (Å²) in [7, 11) is 3.60. The third-order valence-corrected chi connectivity index (χ3v) is 1.03. The van der Waals surface area contributed by atoms with Crippen LogP contribution in [0.15, 0.2) is 9.98 Å². The third kappa shape index (κ3) is 7.34. The lowest BCUT2D eigenvalue weighted by atomic mass is 10.3. The van der Waals surface area contributed by atoms with E-state index in [2.05, 4.69) is 9.98 Å². The van der Waals surface area contributed by atoms with Gasteiger partial charge in [-0.25, -0.2) is 0 Å². The number of aliphatic imine (C=N–C) groups is 2. The molecule has 0 atom stereocenters. The van der Waals surface area contributed by atoms with Gasteiger partial charge < -0.3 is 9.98 Å². The Morgan fingerprint density at radius 3 is 1.78 bits per heavy atom. The zero-order valence-corrected chi connectivity index (χ0v) is 6.17. The molecule has 0 saturated heterocycles. The van der Waals surface area contributed by atoms with E-state index in [1.165, 1.54) is 0 Å². The minimum Gasteiger partial charge on any atom is -0.301 e. The van der Waals surface area contributed by atoms with Gasteiger partial charge >= 0.3 is 0 Å². The molecule has 0 fully saturated rings. The molecule has 0 N–H and O–H groups in total. The molecule has 2 nitrogen and oxygen atoms in total.